The second-order valence-electron chi connectivity index (χ2n) is 5.48. The van der Waals surface area contributed by atoms with Crippen LogP contribution in [0.15, 0.2) is 18.2 Å². The number of para-hydroxylation sites is 1. The Morgan fingerprint density at radius 2 is 2.14 bits per heavy atom. The van der Waals surface area contributed by atoms with E-state index in [4.69, 9.17) is 4.74 Å². The van der Waals surface area contributed by atoms with Crippen molar-refractivity contribution >= 4 is 17.0 Å². The van der Waals surface area contributed by atoms with Gasteiger partial charge < -0.3 is 14.4 Å². The van der Waals surface area contributed by atoms with Crippen molar-refractivity contribution in [1.29, 1.82) is 0 Å². The van der Waals surface area contributed by atoms with Gasteiger partial charge in [-0.05, 0) is 31.9 Å². The zero-order chi connectivity index (χ0) is 15.6. The summed E-state index contributed by atoms with van der Waals surface area (Å²) in [5.74, 6) is 0.201. The average Bonchev–Trinajstić information content (AvgIpc) is 2.75. The van der Waals surface area contributed by atoms with Gasteiger partial charge in [-0.2, -0.15) is 0 Å². The Morgan fingerprint density at radius 1 is 1.43 bits per heavy atom. The van der Waals surface area contributed by atoms with Gasteiger partial charge in [0.05, 0.1) is 29.2 Å². The second kappa shape index (κ2) is 6.26. The van der Waals surface area contributed by atoms with Crippen molar-refractivity contribution in [2.24, 2.45) is 5.92 Å². The van der Waals surface area contributed by atoms with Crippen LogP contribution >= 0.6 is 0 Å². The zero-order valence-electron chi connectivity index (χ0n) is 13.0. The highest BCUT2D eigenvalue weighted by Gasteiger charge is 2.23. The van der Waals surface area contributed by atoms with Gasteiger partial charge in [0, 0.05) is 6.61 Å². The van der Waals surface area contributed by atoms with Crippen molar-refractivity contribution in [3.05, 3.63) is 29.6 Å². The lowest BCUT2D eigenvalue weighted by atomic mass is 10.0. The van der Waals surface area contributed by atoms with Crippen LogP contribution in [-0.2, 0) is 4.74 Å². The van der Waals surface area contributed by atoms with E-state index in [1.807, 2.05) is 24.5 Å². The first-order valence-electron chi connectivity index (χ1n) is 7.26. The van der Waals surface area contributed by atoms with E-state index in [0.717, 1.165) is 11.3 Å². The van der Waals surface area contributed by atoms with Crippen molar-refractivity contribution < 1.29 is 14.6 Å². The Labute approximate surface area is 124 Å². The number of aryl methyl sites for hydroxylation is 1. The standard InChI is InChI=1S/C16H22N2O3/c1-5-21-9-14(10(2)3)18-11(4)17-13-8-6-7-12(15(13)18)16(19)20/h6-8,10,14H,5,9H2,1-4H3,(H,19,20). The number of carboxylic acid groups (broad SMARTS) is 1. The van der Waals surface area contributed by atoms with Gasteiger partial charge in [0.1, 0.15) is 5.82 Å². The molecule has 1 N–H and O–H groups in total. The van der Waals surface area contributed by atoms with E-state index in [-0.39, 0.29) is 11.6 Å². The largest absolute Gasteiger partial charge is 0.478 e. The van der Waals surface area contributed by atoms with E-state index in [1.165, 1.54) is 0 Å². The third kappa shape index (κ3) is 2.93. The van der Waals surface area contributed by atoms with E-state index in [1.54, 1.807) is 12.1 Å². The monoisotopic (exact) mass is 290 g/mol. The molecule has 1 heterocycles. The molecule has 1 atom stereocenters. The number of carbonyl (C=O) groups is 1. The molecule has 0 spiro atoms. The van der Waals surface area contributed by atoms with Gasteiger partial charge in [-0.3, -0.25) is 0 Å². The Kier molecular flexibility index (Phi) is 4.63. The quantitative estimate of drug-likeness (QED) is 0.886. The van der Waals surface area contributed by atoms with E-state index in [2.05, 4.69) is 18.8 Å². The van der Waals surface area contributed by atoms with Gasteiger partial charge >= 0.3 is 5.97 Å². The molecule has 21 heavy (non-hydrogen) atoms. The topological polar surface area (TPSA) is 64.4 Å². The van der Waals surface area contributed by atoms with Crippen LogP contribution in [0, 0.1) is 12.8 Å². The van der Waals surface area contributed by atoms with Crippen LogP contribution in [0.1, 0.15) is 43.0 Å². The SMILES string of the molecule is CCOCC(C(C)C)n1c(C)nc2cccc(C(=O)O)c21. The number of rotatable bonds is 6. The summed E-state index contributed by atoms with van der Waals surface area (Å²) in [6.45, 7) is 9.28. The molecule has 1 aromatic heterocycles. The molecular weight excluding hydrogens is 268 g/mol. The first-order chi connectivity index (χ1) is 9.97. The van der Waals surface area contributed by atoms with Crippen LogP contribution in [0.3, 0.4) is 0 Å². The highest BCUT2D eigenvalue weighted by molar-refractivity contribution is 6.01. The van der Waals surface area contributed by atoms with Gasteiger partial charge in [-0.15, -0.1) is 0 Å². The summed E-state index contributed by atoms with van der Waals surface area (Å²) in [5.41, 5.74) is 1.69. The fraction of sp³-hybridized carbons (Fsp3) is 0.500. The molecule has 5 nitrogen and oxygen atoms in total. The smallest absolute Gasteiger partial charge is 0.337 e. The Balaban J connectivity index is 2.65. The van der Waals surface area contributed by atoms with Gasteiger partial charge in [0.2, 0.25) is 0 Å². The fourth-order valence-electron chi connectivity index (χ4n) is 2.65. The zero-order valence-corrected chi connectivity index (χ0v) is 13.0. The highest BCUT2D eigenvalue weighted by Crippen LogP contribution is 2.28. The van der Waals surface area contributed by atoms with Crippen LogP contribution in [0.25, 0.3) is 11.0 Å². The fourth-order valence-corrected chi connectivity index (χ4v) is 2.65. The molecule has 2 rings (SSSR count). The predicted octanol–water partition coefficient (Wildman–Crippen LogP) is 3.28. The third-order valence-corrected chi connectivity index (χ3v) is 3.71. The van der Waals surface area contributed by atoms with Crippen molar-refractivity contribution in [2.75, 3.05) is 13.2 Å². The number of imidazole rings is 1. The molecular formula is C16H22N2O3. The number of nitrogens with zero attached hydrogens (tertiary/aromatic N) is 2. The molecule has 5 heteroatoms. The lowest BCUT2D eigenvalue weighted by Crippen LogP contribution is -2.22. The second-order valence-corrected chi connectivity index (χ2v) is 5.48. The number of carboxylic acids is 1. The Bertz CT molecular complexity index is 646. The third-order valence-electron chi connectivity index (χ3n) is 3.71. The number of aromatic nitrogens is 2. The van der Waals surface area contributed by atoms with Crippen LogP contribution in [0.2, 0.25) is 0 Å². The van der Waals surface area contributed by atoms with Crippen molar-refractivity contribution in [3.63, 3.8) is 0 Å². The van der Waals surface area contributed by atoms with E-state index < -0.39 is 5.97 Å². The first-order valence-corrected chi connectivity index (χ1v) is 7.26. The van der Waals surface area contributed by atoms with E-state index in [9.17, 15) is 9.90 Å². The molecule has 0 fully saturated rings. The minimum absolute atomic E-state index is 0.0652. The Morgan fingerprint density at radius 3 is 2.71 bits per heavy atom. The lowest BCUT2D eigenvalue weighted by molar-refractivity contribution is 0.0697. The summed E-state index contributed by atoms with van der Waals surface area (Å²) in [6, 6.07) is 5.27. The maximum atomic E-state index is 11.5. The molecule has 0 saturated carbocycles. The maximum Gasteiger partial charge on any atom is 0.337 e. The number of hydrogen-bond acceptors (Lipinski definition) is 3. The average molecular weight is 290 g/mol. The summed E-state index contributed by atoms with van der Waals surface area (Å²) >= 11 is 0. The minimum Gasteiger partial charge on any atom is -0.478 e. The molecule has 0 aliphatic rings. The first kappa shape index (κ1) is 15.5. The van der Waals surface area contributed by atoms with E-state index in [0.29, 0.717) is 24.6 Å². The highest BCUT2D eigenvalue weighted by atomic mass is 16.5. The molecule has 0 aliphatic carbocycles. The molecule has 0 radical (unpaired) electrons. The summed E-state index contributed by atoms with van der Waals surface area (Å²) in [5, 5.41) is 9.44. The molecule has 0 saturated heterocycles. The van der Waals surface area contributed by atoms with Crippen LogP contribution < -0.4 is 0 Å². The minimum atomic E-state index is -0.930. The molecule has 1 unspecified atom stereocenters. The van der Waals surface area contributed by atoms with Crippen molar-refractivity contribution in [3.8, 4) is 0 Å². The van der Waals surface area contributed by atoms with Gasteiger partial charge in [-0.1, -0.05) is 19.9 Å². The number of aromatic carboxylic acids is 1. The van der Waals surface area contributed by atoms with Crippen molar-refractivity contribution in [2.45, 2.75) is 33.7 Å². The number of hydrogen-bond donors (Lipinski definition) is 1. The van der Waals surface area contributed by atoms with Crippen molar-refractivity contribution in [1.82, 2.24) is 9.55 Å². The summed E-state index contributed by atoms with van der Waals surface area (Å²) in [7, 11) is 0. The predicted molar refractivity (Wildman–Crippen MR) is 81.8 cm³/mol. The van der Waals surface area contributed by atoms with Gasteiger partial charge in [0.25, 0.3) is 0 Å². The molecule has 0 bridgehead atoms. The maximum absolute atomic E-state index is 11.5. The van der Waals surface area contributed by atoms with Crippen LogP contribution in [0.5, 0.6) is 0 Å². The summed E-state index contributed by atoms with van der Waals surface area (Å²) in [6.07, 6.45) is 0. The molecule has 0 amide bonds. The molecule has 1 aromatic carbocycles. The summed E-state index contributed by atoms with van der Waals surface area (Å²) in [4.78, 5) is 16.0. The number of fused-ring (bicyclic) bond motifs is 1. The number of ether oxygens (including phenoxy) is 1. The number of benzene rings is 1. The van der Waals surface area contributed by atoms with Gasteiger partial charge in [-0.25, -0.2) is 9.78 Å². The molecule has 0 aliphatic heterocycles. The molecule has 2 aromatic rings. The Hall–Kier alpha value is -1.88. The van der Waals surface area contributed by atoms with E-state index >= 15 is 0 Å². The van der Waals surface area contributed by atoms with Crippen LogP contribution in [-0.4, -0.2) is 33.8 Å². The lowest BCUT2D eigenvalue weighted by Gasteiger charge is -2.25. The summed E-state index contributed by atoms with van der Waals surface area (Å²) < 4.78 is 7.60. The van der Waals surface area contributed by atoms with Crippen LogP contribution in [0.4, 0.5) is 0 Å². The normalized spacial score (nSPS) is 13.0. The van der Waals surface area contributed by atoms with Gasteiger partial charge in [0.15, 0.2) is 0 Å². The molecule has 114 valence electrons.